The maximum absolute atomic E-state index is 6.10. The summed E-state index contributed by atoms with van der Waals surface area (Å²) in [6, 6.07) is 14.0. The molecule has 0 saturated heterocycles. The second-order valence-electron chi connectivity index (χ2n) is 4.33. The lowest BCUT2D eigenvalue weighted by molar-refractivity contribution is 0.693. The van der Waals surface area contributed by atoms with Gasteiger partial charge in [0.05, 0.1) is 0 Å². The van der Waals surface area contributed by atoms with Crippen molar-refractivity contribution < 1.29 is 0 Å². The van der Waals surface area contributed by atoms with Gasteiger partial charge >= 0.3 is 0 Å². The van der Waals surface area contributed by atoms with Gasteiger partial charge in [-0.1, -0.05) is 53.0 Å². The molecule has 0 amide bonds. The topological polar surface area (TPSA) is 12.0 Å². The lowest BCUT2D eigenvalue weighted by atomic mass is 10.1. The number of aryl methyl sites for hydroxylation is 1. The van der Waals surface area contributed by atoms with E-state index in [1.54, 1.807) is 6.07 Å². The van der Waals surface area contributed by atoms with Crippen LogP contribution >= 0.6 is 23.2 Å². The standard InChI is InChI=1S/C15H15Cl2N/c1-11-3-2-4-12(7-11)9-18-10-13-8-14(16)5-6-15(13)17/h2-8,18H,9-10H2,1H3. The second kappa shape index (κ2) is 6.24. The second-order valence-corrected chi connectivity index (χ2v) is 5.17. The molecule has 0 aliphatic carbocycles. The first kappa shape index (κ1) is 13.4. The van der Waals surface area contributed by atoms with E-state index in [0.29, 0.717) is 11.6 Å². The summed E-state index contributed by atoms with van der Waals surface area (Å²) in [6.45, 7) is 3.63. The SMILES string of the molecule is Cc1cccc(CNCc2cc(Cl)ccc2Cl)c1. The molecule has 0 saturated carbocycles. The normalized spacial score (nSPS) is 10.6. The smallest absolute Gasteiger partial charge is 0.0451 e. The van der Waals surface area contributed by atoms with Gasteiger partial charge in [0, 0.05) is 23.1 Å². The summed E-state index contributed by atoms with van der Waals surface area (Å²) < 4.78 is 0. The highest BCUT2D eigenvalue weighted by atomic mass is 35.5. The van der Waals surface area contributed by atoms with E-state index in [-0.39, 0.29) is 0 Å². The van der Waals surface area contributed by atoms with Crippen molar-refractivity contribution >= 4 is 23.2 Å². The fourth-order valence-electron chi connectivity index (χ4n) is 1.84. The number of benzene rings is 2. The van der Waals surface area contributed by atoms with E-state index >= 15 is 0 Å². The Labute approximate surface area is 118 Å². The number of rotatable bonds is 4. The highest BCUT2D eigenvalue weighted by Crippen LogP contribution is 2.20. The van der Waals surface area contributed by atoms with Gasteiger partial charge in [-0.3, -0.25) is 0 Å². The van der Waals surface area contributed by atoms with Gasteiger partial charge < -0.3 is 5.32 Å². The number of hydrogen-bond acceptors (Lipinski definition) is 1. The van der Waals surface area contributed by atoms with Crippen LogP contribution in [0.25, 0.3) is 0 Å². The summed E-state index contributed by atoms with van der Waals surface area (Å²) in [7, 11) is 0. The van der Waals surface area contributed by atoms with E-state index in [2.05, 4.69) is 36.5 Å². The fourth-order valence-corrected chi connectivity index (χ4v) is 2.22. The molecule has 94 valence electrons. The van der Waals surface area contributed by atoms with Crippen LogP contribution in [0, 0.1) is 6.92 Å². The molecule has 0 atom stereocenters. The first-order valence-electron chi connectivity index (χ1n) is 5.85. The average molecular weight is 280 g/mol. The Morgan fingerprint density at radius 3 is 2.61 bits per heavy atom. The first-order chi connectivity index (χ1) is 8.65. The zero-order chi connectivity index (χ0) is 13.0. The zero-order valence-electron chi connectivity index (χ0n) is 10.2. The van der Waals surface area contributed by atoms with Gasteiger partial charge in [0.1, 0.15) is 0 Å². The first-order valence-corrected chi connectivity index (χ1v) is 6.61. The van der Waals surface area contributed by atoms with Crippen molar-refractivity contribution in [3.8, 4) is 0 Å². The summed E-state index contributed by atoms with van der Waals surface area (Å²) in [5.41, 5.74) is 3.57. The molecule has 1 N–H and O–H groups in total. The summed E-state index contributed by atoms with van der Waals surface area (Å²) in [5.74, 6) is 0. The molecule has 2 aromatic rings. The molecule has 0 aromatic heterocycles. The highest BCUT2D eigenvalue weighted by molar-refractivity contribution is 6.33. The van der Waals surface area contributed by atoms with Crippen molar-refractivity contribution in [1.29, 1.82) is 0 Å². The predicted octanol–water partition coefficient (Wildman–Crippen LogP) is 4.59. The number of halogens is 2. The van der Waals surface area contributed by atoms with E-state index in [4.69, 9.17) is 23.2 Å². The van der Waals surface area contributed by atoms with Gasteiger partial charge in [-0.25, -0.2) is 0 Å². The predicted molar refractivity (Wildman–Crippen MR) is 78.2 cm³/mol. The van der Waals surface area contributed by atoms with Crippen molar-refractivity contribution in [2.75, 3.05) is 0 Å². The van der Waals surface area contributed by atoms with Crippen LogP contribution in [-0.4, -0.2) is 0 Å². The van der Waals surface area contributed by atoms with Gasteiger partial charge in [-0.15, -0.1) is 0 Å². The molecule has 2 rings (SSSR count). The Bertz CT molecular complexity index is 538. The van der Waals surface area contributed by atoms with Crippen molar-refractivity contribution in [1.82, 2.24) is 5.32 Å². The molecule has 1 nitrogen and oxygen atoms in total. The molecule has 18 heavy (non-hydrogen) atoms. The molecular weight excluding hydrogens is 265 g/mol. The molecule has 0 radical (unpaired) electrons. The van der Waals surface area contributed by atoms with Crippen LogP contribution in [0.5, 0.6) is 0 Å². The average Bonchev–Trinajstić information content (AvgIpc) is 2.34. The molecule has 0 fully saturated rings. The molecule has 0 spiro atoms. The summed E-state index contributed by atoms with van der Waals surface area (Å²) in [5, 5.41) is 4.83. The quantitative estimate of drug-likeness (QED) is 0.863. The van der Waals surface area contributed by atoms with Crippen LogP contribution in [0.4, 0.5) is 0 Å². The fraction of sp³-hybridized carbons (Fsp3) is 0.200. The van der Waals surface area contributed by atoms with E-state index in [1.807, 2.05) is 12.1 Å². The molecule has 0 unspecified atom stereocenters. The van der Waals surface area contributed by atoms with E-state index in [9.17, 15) is 0 Å². The monoisotopic (exact) mass is 279 g/mol. The van der Waals surface area contributed by atoms with Crippen LogP contribution in [0.15, 0.2) is 42.5 Å². The zero-order valence-corrected chi connectivity index (χ0v) is 11.7. The molecule has 0 heterocycles. The Morgan fingerprint density at radius 2 is 1.83 bits per heavy atom. The van der Waals surface area contributed by atoms with Crippen LogP contribution in [0.2, 0.25) is 10.0 Å². The van der Waals surface area contributed by atoms with Crippen molar-refractivity contribution in [2.45, 2.75) is 20.0 Å². The maximum atomic E-state index is 6.10. The molecule has 0 aliphatic heterocycles. The number of nitrogens with one attached hydrogen (secondary N) is 1. The minimum Gasteiger partial charge on any atom is -0.309 e. The lowest BCUT2D eigenvalue weighted by Gasteiger charge is -2.08. The van der Waals surface area contributed by atoms with Crippen molar-refractivity contribution in [2.24, 2.45) is 0 Å². The molecule has 3 heteroatoms. The van der Waals surface area contributed by atoms with Gasteiger partial charge in [-0.2, -0.15) is 0 Å². The van der Waals surface area contributed by atoms with Gasteiger partial charge in [0.2, 0.25) is 0 Å². The van der Waals surface area contributed by atoms with Gasteiger partial charge in [0.15, 0.2) is 0 Å². The largest absolute Gasteiger partial charge is 0.309 e. The van der Waals surface area contributed by atoms with E-state index in [0.717, 1.165) is 17.1 Å². The van der Waals surface area contributed by atoms with E-state index < -0.39 is 0 Å². The summed E-state index contributed by atoms with van der Waals surface area (Å²) >= 11 is 12.1. The van der Waals surface area contributed by atoms with Gasteiger partial charge in [0.25, 0.3) is 0 Å². The third-order valence-electron chi connectivity index (χ3n) is 2.73. The van der Waals surface area contributed by atoms with E-state index in [1.165, 1.54) is 11.1 Å². The summed E-state index contributed by atoms with van der Waals surface area (Å²) in [4.78, 5) is 0. The van der Waals surface area contributed by atoms with Crippen LogP contribution < -0.4 is 5.32 Å². The molecule has 0 aliphatic rings. The Hall–Kier alpha value is -1.02. The third-order valence-corrected chi connectivity index (χ3v) is 3.34. The Morgan fingerprint density at radius 1 is 1.00 bits per heavy atom. The molecule has 2 aromatic carbocycles. The van der Waals surface area contributed by atoms with Crippen LogP contribution in [0.1, 0.15) is 16.7 Å². The lowest BCUT2D eigenvalue weighted by Crippen LogP contribution is -2.13. The van der Waals surface area contributed by atoms with Crippen molar-refractivity contribution in [3.05, 3.63) is 69.2 Å². The number of hydrogen-bond donors (Lipinski definition) is 1. The Kier molecular flexibility index (Phi) is 4.65. The molecular formula is C15H15Cl2N. The van der Waals surface area contributed by atoms with Gasteiger partial charge in [-0.05, 0) is 36.2 Å². The minimum absolute atomic E-state index is 0.715. The molecule has 0 bridgehead atoms. The third kappa shape index (κ3) is 3.74. The maximum Gasteiger partial charge on any atom is 0.0451 e. The highest BCUT2D eigenvalue weighted by Gasteiger charge is 2.01. The van der Waals surface area contributed by atoms with Crippen LogP contribution in [0.3, 0.4) is 0 Å². The van der Waals surface area contributed by atoms with Crippen molar-refractivity contribution in [3.63, 3.8) is 0 Å². The summed E-state index contributed by atoms with van der Waals surface area (Å²) in [6.07, 6.45) is 0. The minimum atomic E-state index is 0.715. The van der Waals surface area contributed by atoms with Crippen LogP contribution in [-0.2, 0) is 13.1 Å². The Balaban J connectivity index is 1.94.